The minimum Gasteiger partial charge on any atom is -0.459 e. The zero-order chi connectivity index (χ0) is 20.5. The van der Waals surface area contributed by atoms with Crippen molar-refractivity contribution < 1.29 is 19.1 Å². The Morgan fingerprint density at radius 3 is 2.34 bits per heavy atom. The molecule has 8 heteroatoms. The monoisotopic (exact) mass is 394 g/mol. The molecular weight excluding hydrogens is 372 g/mol. The van der Waals surface area contributed by atoms with Crippen molar-refractivity contribution in [2.24, 2.45) is 0 Å². The molecule has 0 fully saturated rings. The summed E-state index contributed by atoms with van der Waals surface area (Å²) in [5.41, 5.74) is 2.49. The van der Waals surface area contributed by atoms with E-state index in [2.05, 4.69) is 20.4 Å². The minimum absolute atomic E-state index is 0.111. The first-order valence-electron chi connectivity index (χ1n) is 9.12. The van der Waals surface area contributed by atoms with Crippen molar-refractivity contribution in [1.29, 1.82) is 0 Å². The second-order valence-corrected chi connectivity index (χ2v) is 6.38. The van der Waals surface area contributed by atoms with E-state index in [0.717, 1.165) is 11.1 Å². The Balaban J connectivity index is 1.63. The Hall–Kier alpha value is -3.68. The smallest absolute Gasteiger partial charge is 0.407 e. The maximum Gasteiger partial charge on any atom is 0.407 e. The molecule has 0 bridgehead atoms. The van der Waals surface area contributed by atoms with Gasteiger partial charge in [0.2, 0.25) is 0 Å². The lowest BCUT2D eigenvalue weighted by Crippen LogP contribution is -2.43. The number of aromatic nitrogens is 3. The number of nitrogens with one attached hydrogen (secondary N) is 1. The van der Waals surface area contributed by atoms with Crippen LogP contribution in [0, 0.1) is 0 Å². The van der Waals surface area contributed by atoms with E-state index in [4.69, 9.17) is 4.74 Å². The van der Waals surface area contributed by atoms with Gasteiger partial charge in [-0.25, -0.2) is 14.3 Å². The highest BCUT2D eigenvalue weighted by Gasteiger charge is 2.24. The number of hydrogen-bond acceptors (Lipinski definition) is 6. The predicted octanol–water partition coefficient (Wildman–Crippen LogP) is 2.34. The first-order valence-corrected chi connectivity index (χ1v) is 9.12. The molecule has 0 saturated carbocycles. The van der Waals surface area contributed by atoms with E-state index in [9.17, 15) is 9.59 Å². The van der Waals surface area contributed by atoms with Crippen LogP contribution in [-0.2, 0) is 33.8 Å². The second-order valence-electron chi connectivity index (χ2n) is 6.38. The Morgan fingerprint density at radius 2 is 1.69 bits per heavy atom. The van der Waals surface area contributed by atoms with Gasteiger partial charge in [-0.1, -0.05) is 65.9 Å². The summed E-state index contributed by atoms with van der Waals surface area (Å²) in [4.78, 5) is 24.2. The zero-order valence-corrected chi connectivity index (χ0v) is 16.0. The summed E-state index contributed by atoms with van der Waals surface area (Å²) < 4.78 is 11.6. The number of benzene rings is 2. The number of ether oxygens (including phenoxy) is 2. The van der Waals surface area contributed by atoms with E-state index < -0.39 is 18.1 Å². The Bertz CT molecular complexity index is 928. The lowest BCUT2D eigenvalue weighted by atomic mass is 10.1. The summed E-state index contributed by atoms with van der Waals surface area (Å²) in [6.45, 7) is 0.668. The average molecular weight is 394 g/mol. The van der Waals surface area contributed by atoms with Gasteiger partial charge in [0.25, 0.3) is 0 Å². The van der Waals surface area contributed by atoms with Gasteiger partial charge in [0.1, 0.15) is 12.6 Å². The zero-order valence-electron chi connectivity index (χ0n) is 16.0. The molecule has 1 atom stereocenters. The Labute approximate surface area is 168 Å². The highest BCUT2D eigenvalue weighted by atomic mass is 16.5. The summed E-state index contributed by atoms with van der Waals surface area (Å²) >= 11 is 0. The van der Waals surface area contributed by atoms with Crippen molar-refractivity contribution in [1.82, 2.24) is 20.3 Å². The summed E-state index contributed by atoms with van der Waals surface area (Å²) in [6, 6.07) is 18.2. The number of esters is 1. The maximum atomic E-state index is 12.5. The second kappa shape index (κ2) is 10.0. The van der Waals surface area contributed by atoms with Crippen molar-refractivity contribution in [3.05, 3.63) is 83.7 Å². The Kier molecular flexibility index (Phi) is 6.94. The molecule has 29 heavy (non-hydrogen) atoms. The first-order chi connectivity index (χ1) is 14.1. The third kappa shape index (κ3) is 6.17. The predicted molar refractivity (Wildman–Crippen MR) is 105 cm³/mol. The van der Waals surface area contributed by atoms with Crippen molar-refractivity contribution in [2.45, 2.75) is 25.6 Å². The molecule has 1 unspecified atom stereocenters. The number of rotatable bonds is 8. The third-order valence-electron chi connectivity index (χ3n) is 4.17. The van der Waals surface area contributed by atoms with Gasteiger partial charge in [0.15, 0.2) is 0 Å². The quantitative estimate of drug-likeness (QED) is 0.589. The van der Waals surface area contributed by atoms with Gasteiger partial charge in [-0.3, -0.25) is 0 Å². The van der Waals surface area contributed by atoms with E-state index in [1.165, 1.54) is 7.11 Å². The molecule has 1 amide bonds. The fraction of sp³-hybridized carbons (Fsp3) is 0.238. The fourth-order valence-electron chi connectivity index (χ4n) is 2.71. The van der Waals surface area contributed by atoms with Gasteiger partial charge in [0, 0.05) is 12.6 Å². The molecule has 3 rings (SSSR count). The van der Waals surface area contributed by atoms with Crippen LogP contribution in [0.3, 0.4) is 0 Å². The van der Waals surface area contributed by atoms with Gasteiger partial charge in [0.05, 0.1) is 19.3 Å². The highest BCUT2D eigenvalue weighted by molar-refractivity contribution is 5.81. The molecule has 0 spiro atoms. The Morgan fingerprint density at radius 1 is 1.03 bits per heavy atom. The van der Waals surface area contributed by atoms with E-state index in [1.807, 2.05) is 60.7 Å². The van der Waals surface area contributed by atoms with E-state index >= 15 is 0 Å². The van der Waals surface area contributed by atoms with Crippen molar-refractivity contribution in [3.63, 3.8) is 0 Å². The summed E-state index contributed by atoms with van der Waals surface area (Å²) in [6.07, 6.45) is 1.16. The number of nitrogens with zero attached hydrogens (tertiary/aromatic N) is 3. The first kappa shape index (κ1) is 20.1. The maximum absolute atomic E-state index is 12.5. The number of amides is 1. The van der Waals surface area contributed by atoms with Crippen LogP contribution in [0.2, 0.25) is 0 Å². The van der Waals surface area contributed by atoms with Crippen LogP contribution < -0.4 is 5.32 Å². The van der Waals surface area contributed by atoms with Crippen molar-refractivity contribution in [3.8, 4) is 0 Å². The largest absolute Gasteiger partial charge is 0.459 e. The molecule has 0 radical (unpaired) electrons. The van der Waals surface area contributed by atoms with Crippen LogP contribution in [0.25, 0.3) is 0 Å². The molecule has 1 N–H and O–H groups in total. The molecule has 2 aromatic carbocycles. The number of alkyl carbamates (subject to hydrolysis) is 1. The number of carbonyl (C=O) groups excluding carboxylic acids is 2. The van der Waals surface area contributed by atoms with Crippen molar-refractivity contribution in [2.75, 3.05) is 7.11 Å². The van der Waals surface area contributed by atoms with Gasteiger partial charge in [-0.2, -0.15) is 0 Å². The summed E-state index contributed by atoms with van der Waals surface area (Å²) in [5.74, 6) is -0.572. The van der Waals surface area contributed by atoms with Gasteiger partial charge in [-0.05, 0) is 11.1 Å². The SMILES string of the molecule is COC(=O)NC(Cc1cn(Cc2ccccc2)nn1)C(=O)OCc1ccccc1. The van der Waals surface area contributed by atoms with Crippen LogP contribution in [-0.4, -0.2) is 40.2 Å². The van der Waals surface area contributed by atoms with Crippen LogP contribution in [0.15, 0.2) is 66.9 Å². The molecule has 8 nitrogen and oxygen atoms in total. The minimum atomic E-state index is -0.937. The number of carbonyl (C=O) groups is 2. The lowest BCUT2D eigenvalue weighted by molar-refractivity contribution is -0.147. The fourth-order valence-corrected chi connectivity index (χ4v) is 2.71. The number of methoxy groups -OCH3 is 1. The van der Waals surface area contributed by atoms with E-state index in [0.29, 0.717) is 12.2 Å². The average Bonchev–Trinajstić information content (AvgIpc) is 3.19. The lowest BCUT2D eigenvalue weighted by Gasteiger charge is -2.16. The molecule has 0 aliphatic carbocycles. The van der Waals surface area contributed by atoms with E-state index in [-0.39, 0.29) is 13.0 Å². The van der Waals surface area contributed by atoms with Crippen molar-refractivity contribution >= 4 is 12.1 Å². The van der Waals surface area contributed by atoms with Gasteiger partial charge in [-0.15, -0.1) is 5.10 Å². The summed E-state index contributed by atoms with van der Waals surface area (Å²) in [5, 5.41) is 10.7. The summed E-state index contributed by atoms with van der Waals surface area (Å²) in [7, 11) is 1.23. The standard InChI is InChI=1S/C21H22N4O4/c1-28-21(27)22-19(20(26)29-15-17-10-6-3-7-11-17)12-18-14-25(24-23-18)13-16-8-4-2-5-9-16/h2-11,14,19H,12-13,15H2,1H3,(H,22,27). The third-order valence-corrected chi connectivity index (χ3v) is 4.17. The van der Waals surface area contributed by atoms with E-state index in [1.54, 1.807) is 10.9 Å². The molecule has 0 aliphatic rings. The number of hydrogen-bond donors (Lipinski definition) is 1. The topological polar surface area (TPSA) is 95.3 Å². The molecule has 1 aromatic heterocycles. The molecular formula is C21H22N4O4. The molecule has 150 valence electrons. The van der Waals surface area contributed by atoms with Gasteiger partial charge < -0.3 is 14.8 Å². The molecule has 3 aromatic rings. The normalized spacial score (nSPS) is 11.5. The molecule has 0 aliphatic heterocycles. The van der Waals surface area contributed by atoms with Crippen LogP contribution >= 0.6 is 0 Å². The molecule has 1 heterocycles. The van der Waals surface area contributed by atoms with Crippen LogP contribution in [0.4, 0.5) is 4.79 Å². The van der Waals surface area contributed by atoms with Gasteiger partial charge >= 0.3 is 12.1 Å². The molecule has 0 saturated heterocycles. The van der Waals surface area contributed by atoms with Crippen LogP contribution in [0.1, 0.15) is 16.8 Å². The van der Waals surface area contributed by atoms with Crippen LogP contribution in [0.5, 0.6) is 0 Å². The highest BCUT2D eigenvalue weighted by Crippen LogP contribution is 2.07.